The fourth-order valence-electron chi connectivity index (χ4n) is 1.30. The highest BCUT2D eigenvalue weighted by molar-refractivity contribution is 7.13. The van der Waals surface area contributed by atoms with Crippen LogP contribution < -0.4 is 0 Å². The molecule has 0 bridgehead atoms. The first-order chi connectivity index (χ1) is 7.16. The highest BCUT2D eigenvalue weighted by Gasteiger charge is 2.13. The maximum Gasteiger partial charge on any atom is 0.269 e. The Balaban J connectivity index is 2.24. The number of nitrogens with zero attached hydrogens (tertiary/aromatic N) is 3. The molecule has 0 aliphatic rings. The minimum absolute atomic E-state index is 0.540. The molecule has 0 radical (unpaired) electrons. The molecule has 0 aromatic carbocycles. The Bertz CT molecular complexity index is 447. The highest BCUT2D eigenvalue weighted by atomic mass is 32.1. The van der Waals surface area contributed by atoms with E-state index in [0.717, 1.165) is 22.8 Å². The van der Waals surface area contributed by atoms with Gasteiger partial charge in [-0.15, -0.1) is 11.3 Å². The fourth-order valence-corrected chi connectivity index (χ4v) is 2.02. The molecule has 0 aliphatic carbocycles. The van der Waals surface area contributed by atoms with E-state index in [1.54, 1.807) is 5.51 Å². The summed E-state index contributed by atoms with van der Waals surface area (Å²) in [6, 6.07) is 0. The van der Waals surface area contributed by atoms with Crippen molar-refractivity contribution in [1.29, 1.82) is 0 Å². The predicted octanol–water partition coefficient (Wildman–Crippen LogP) is 2.70. The average Bonchev–Trinajstić information content (AvgIpc) is 2.72. The lowest BCUT2D eigenvalue weighted by Gasteiger charge is -1.95. The summed E-state index contributed by atoms with van der Waals surface area (Å²) >= 11 is 1.53. The minimum Gasteiger partial charge on any atom is -0.333 e. The molecule has 5 heteroatoms. The molecule has 0 saturated carbocycles. The molecule has 0 unspecified atom stereocenters. The van der Waals surface area contributed by atoms with Crippen molar-refractivity contribution in [3.05, 3.63) is 17.0 Å². The summed E-state index contributed by atoms with van der Waals surface area (Å²) in [5.41, 5.74) is 2.73. The van der Waals surface area contributed by atoms with Crippen molar-refractivity contribution in [2.45, 2.75) is 27.2 Å². The van der Waals surface area contributed by atoms with Gasteiger partial charge in [-0.05, 0) is 12.8 Å². The maximum absolute atomic E-state index is 5.20. The van der Waals surface area contributed by atoms with Gasteiger partial charge >= 0.3 is 0 Å². The smallest absolute Gasteiger partial charge is 0.269 e. The molecule has 0 fully saturated rings. The molecule has 0 amide bonds. The molecule has 2 aromatic heterocycles. The molecule has 2 rings (SSSR count). The number of aromatic nitrogens is 3. The van der Waals surface area contributed by atoms with Crippen LogP contribution in [0.5, 0.6) is 0 Å². The van der Waals surface area contributed by atoms with Gasteiger partial charge in [0.15, 0.2) is 5.82 Å². The van der Waals surface area contributed by atoms with Gasteiger partial charge in [-0.3, -0.25) is 0 Å². The first kappa shape index (κ1) is 10.3. The summed E-state index contributed by atoms with van der Waals surface area (Å²) in [5.74, 6) is 1.90. The number of thiazole rings is 1. The first-order valence-electron chi connectivity index (χ1n) is 4.90. The predicted molar refractivity (Wildman–Crippen MR) is 58.7 cm³/mol. The van der Waals surface area contributed by atoms with Crippen LogP contribution in [0.1, 0.15) is 25.4 Å². The third-order valence-electron chi connectivity index (χ3n) is 2.00. The van der Waals surface area contributed by atoms with Crippen molar-refractivity contribution >= 4 is 11.3 Å². The van der Waals surface area contributed by atoms with E-state index in [9.17, 15) is 0 Å². The van der Waals surface area contributed by atoms with E-state index in [1.807, 2.05) is 6.92 Å². The second-order valence-electron chi connectivity index (χ2n) is 3.88. The van der Waals surface area contributed by atoms with Crippen molar-refractivity contribution in [3.8, 4) is 10.8 Å². The van der Waals surface area contributed by atoms with E-state index >= 15 is 0 Å². The summed E-state index contributed by atoms with van der Waals surface area (Å²) < 4.78 is 5.20. The molecule has 2 heterocycles. The Hall–Kier alpha value is -1.23. The van der Waals surface area contributed by atoms with Gasteiger partial charge in [0.05, 0.1) is 11.2 Å². The van der Waals surface area contributed by atoms with Gasteiger partial charge in [-0.1, -0.05) is 19.0 Å². The lowest BCUT2D eigenvalue weighted by molar-refractivity contribution is 0.418. The fraction of sp³-hybridized carbons (Fsp3) is 0.500. The van der Waals surface area contributed by atoms with Gasteiger partial charge in [0.25, 0.3) is 5.89 Å². The van der Waals surface area contributed by atoms with Crippen molar-refractivity contribution in [2.24, 2.45) is 5.92 Å². The molecule has 0 saturated heterocycles. The van der Waals surface area contributed by atoms with Crippen molar-refractivity contribution in [3.63, 3.8) is 0 Å². The number of hydrogen-bond acceptors (Lipinski definition) is 5. The van der Waals surface area contributed by atoms with E-state index in [1.165, 1.54) is 11.3 Å². The molecule has 4 nitrogen and oxygen atoms in total. The summed E-state index contributed by atoms with van der Waals surface area (Å²) in [7, 11) is 0. The Morgan fingerprint density at radius 1 is 1.47 bits per heavy atom. The molecule has 0 spiro atoms. The topological polar surface area (TPSA) is 51.8 Å². The largest absolute Gasteiger partial charge is 0.333 e. The van der Waals surface area contributed by atoms with Gasteiger partial charge in [0.1, 0.15) is 4.88 Å². The van der Waals surface area contributed by atoms with Crippen LogP contribution in [0.3, 0.4) is 0 Å². The normalized spacial score (nSPS) is 11.2. The Labute approximate surface area is 92.4 Å². The number of hydrogen-bond donors (Lipinski definition) is 0. The number of aryl methyl sites for hydroxylation is 1. The van der Waals surface area contributed by atoms with Crippen molar-refractivity contribution in [1.82, 2.24) is 15.1 Å². The van der Waals surface area contributed by atoms with Gasteiger partial charge in [0.2, 0.25) is 0 Å². The van der Waals surface area contributed by atoms with Gasteiger partial charge in [0, 0.05) is 6.42 Å². The third kappa shape index (κ3) is 2.23. The van der Waals surface area contributed by atoms with E-state index in [2.05, 4.69) is 29.0 Å². The molecule has 15 heavy (non-hydrogen) atoms. The zero-order chi connectivity index (χ0) is 10.8. The van der Waals surface area contributed by atoms with Gasteiger partial charge < -0.3 is 4.52 Å². The maximum atomic E-state index is 5.20. The molecule has 0 aliphatic heterocycles. The molecule has 0 atom stereocenters. The molecular formula is C10H13N3OS. The molecule has 80 valence electrons. The van der Waals surface area contributed by atoms with E-state index in [0.29, 0.717) is 11.8 Å². The zero-order valence-electron chi connectivity index (χ0n) is 9.02. The molecule has 0 N–H and O–H groups in total. The highest BCUT2D eigenvalue weighted by Crippen LogP contribution is 2.25. The second kappa shape index (κ2) is 4.10. The summed E-state index contributed by atoms with van der Waals surface area (Å²) in [6.07, 6.45) is 0.849. The van der Waals surface area contributed by atoms with Crippen molar-refractivity contribution in [2.75, 3.05) is 0 Å². The lowest BCUT2D eigenvalue weighted by atomic mass is 10.1. The summed E-state index contributed by atoms with van der Waals surface area (Å²) in [4.78, 5) is 9.47. The monoisotopic (exact) mass is 223 g/mol. The zero-order valence-corrected chi connectivity index (χ0v) is 9.84. The van der Waals surface area contributed by atoms with Crippen LogP contribution in [-0.4, -0.2) is 15.1 Å². The Kier molecular flexibility index (Phi) is 2.81. The third-order valence-corrected chi connectivity index (χ3v) is 2.92. The number of rotatable bonds is 3. The van der Waals surface area contributed by atoms with Gasteiger partial charge in [-0.25, -0.2) is 4.98 Å². The molecular weight excluding hydrogens is 210 g/mol. The van der Waals surface area contributed by atoms with Gasteiger partial charge in [-0.2, -0.15) is 4.98 Å². The van der Waals surface area contributed by atoms with Crippen molar-refractivity contribution < 1.29 is 4.52 Å². The van der Waals surface area contributed by atoms with E-state index < -0.39 is 0 Å². The van der Waals surface area contributed by atoms with E-state index in [4.69, 9.17) is 4.52 Å². The summed E-state index contributed by atoms with van der Waals surface area (Å²) in [5, 5.41) is 3.95. The van der Waals surface area contributed by atoms with Crippen LogP contribution in [0.25, 0.3) is 10.8 Å². The standard InChI is InChI=1S/C10H13N3OS/c1-6(2)4-8-12-10(14-13-8)9-7(3)11-5-15-9/h5-6H,4H2,1-3H3. The van der Waals surface area contributed by atoms with Crippen LogP contribution in [0.4, 0.5) is 0 Å². The van der Waals surface area contributed by atoms with Crippen LogP contribution in [0.2, 0.25) is 0 Å². The quantitative estimate of drug-likeness (QED) is 0.802. The SMILES string of the molecule is Cc1ncsc1-c1nc(CC(C)C)no1. The van der Waals surface area contributed by atoms with Crippen LogP contribution in [-0.2, 0) is 6.42 Å². The van der Waals surface area contributed by atoms with Crippen LogP contribution in [0.15, 0.2) is 10.0 Å². The second-order valence-corrected chi connectivity index (χ2v) is 4.74. The van der Waals surface area contributed by atoms with E-state index in [-0.39, 0.29) is 0 Å². The lowest BCUT2D eigenvalue weighted by Crippen LogP contribution is -1.95. The first-order valence-corrected chi connectivity index (χ1v) is 5.78. The van der Waals surface area contributed by atoms with Crippen LogP contribution in [0, 0.1) is 12.8 Å². The Morgan fingerprint density at radius 3 is 2.87 bits per heavy atom. The molecule has 2 aromatic rings. The average molecular weight is 223 g/mol. The van der Waals surface area contributed by atoms with Crippen LogP contribution >= 0.6 is 11.3 Å². The summed E-state index contributed by atoms with van der Waals surface area (Å²) in [6.45, 7) is 6.21. The minimum atomic E-state index is 0.540. The Morgan fingerprint density at radius 2 is 2.27 bits per heavy atom.